The summed E-state index contributed by atoms with van der Waals surface area (Å²) in [5, 5.41) is 0. The second-order valence-electron chi connectivity index (χ2n) is 12.2. The van der Waals surface area contributed by atoms with Crippen LogP contribution in [0.5, 0.6) is 34.5 Å². The smallest absolute Gasteiger partial charge is 0.308 e. The molecule has 0 N–H and O–H groups in total. The molecule has 0 saturated carbocycles. The van der Waals surface area contributed by atoms with Gasteiger partial charge in [-0.05, 0) is 53.6 Å². The number of carbonyl (C=O) groups is 5. The zero-order chi connectivity index (χ0) is 40.2. The van der Waals surface area contributed by atoms with E-state index in [4.69, 9.17) is 47.4 Å². The molecule has 0 saturated heterocycles. The molecule has 15 nitrogen and oxygen atoms in total. The van der Waals surface area contributed by atoms with Crippen molar-refractivity contribution in [3.05, 3.63) is 76.9 Å². The highest BCUT2D eigenvalue weighted by molar-refractivity contribution is 5.71. The molecule has 0 bridgehead atoms. The lowest BCUT2D eigenvalue weighted by Gasteiger charge is -2.29. The topological polar surface area (TPSA) is 178 Å². The predicted octanol–water partition coefficient (Wildman–Crippen LogP) is 5.61. The summed E-state index contributed by atoms with van der Waals surface area (Å²) >= 11 is 0. The van der Waals surface area contributed by atoms with E-state index >= 15 is 0 Å². The van der Waals surface area contributed by atoms with E-state index in [1.165, 1.54) is 68.1 Å². The Morgan fingerprint density at radius 2 is 1.35 bits per heavy atom. The Morgan fingerprint density at radius 3 is 1.96 bits per heavy atom. The van der Waals surface area contributed by atoms with E-state index < -0.39 is 54.1 Å². The molecule has 1 heterocycles. The maximum atomic E-state index is 12.4. The van der Waals surface area contributed by atoms with Crippen molar-refractivity contribution in [1.29, 1.82) is 0 Å². The molecule has 0 amide bonds. The second kappa shape index (κ2) is 19.2. The molecule has 1 aliphatic heterocycles. The third-order valence-corrected chi connectivity index (χ3v) is 8.14. The Labute approximate surface area is 318 Å². The minimum Gasteiger partial charge on any atom is -0.493 e. The number of carbonyl (C=O) groups excluding carboxylic acids is 5. The van der Waals surface area contributed by atoms with E-state index in [0.29, 0.717) is 22.6 Å². The number of benzene rings is 3. The quantitative estimate of drug-likeness (QED) is 0.0941. The molecule has 0 fully saturated rings. The van der Waals surface area contributed by atoms with Crippen molar-refractivity contribution in [2.24, 2.45) is 0 Å². The molecular weight excluding hydrogens is 720 g/mol. The first-order valence-corrected chi connectivity index (χ1v) is 17.1. The summed E-state index contributed by atoms with van der Waals surface area (Å²) in [6.45, 7) is 6.06. The maximum absolute atomic E-state index is 12.4. The average Bonchev–Trinajstić information content (AvgIpc) is 3.51. The molecule has 0 radical (unpaired) electrons. The van der Waals surface area contributed by atoms with E-state index in [2.05, 4.69) is 0 Å². The van der Waals surface area contributed by atoms with Gasteiger partial charge in [0.2, 0.25) is 0 Å². The summed E-state index contributed by atoms with van der Waals surface area (Å²) in [6, 6.07) is 13.3. The van der Waals surface area contributed by atoms with Crippen LogP contribution in [0.2, 0.25) is 0 Å². The largest absolute Gasteiger partial charge is 0.493 e. The van der Waals surface area contributed by atoms with Gasteiger partial charge in [-0.2, -0.15) is 0 Å². The monoisotopic (exact) mass is 764 g/mol. The van der Waals surface area contributed by atoms with Crippen molar-refractivity contribution in [3.63, 3.8) is 0 Å². The molecule has 0 aliphatic carbocycles. The third kappa shape index (κ3) is 11.1. The fourth-order valence-corrected chi connectivity index (χ4v) is 5.84. The summed E-state index contributed by atoms with van der Waals surface area (Å²) in [7, 11) is 4.33. The summed E-state index contributed by atoms with van der Waals surface area (Å²) in [4.78, 5) is 59.2. The van der Waals surface area contributed by atoms with Crippen LogP contribution in [0.15, 0.2) is 54.6 Å². The van der Waals surface area contributed by atoms with Crippen molar-refractivity contribution in [2.45, 2.75) is 58.8 Å². The van der Waals surface area contributed by atoms with Gasteiger partial charge >= 0.3 is 29.8 Å². The van der Waals surface area contributed by atoms with E-state index in [0.717, 1.165) is 11.1 Å². The highest BCUT2D eigenvalue weighted by Crippen LogP contribution is 2.52. The van der Waals surface area contributed by atoms with Crippen molar-refractivity contribution < 1.29 is 71.3 Å². The van der Waals surface area contributed by atoms with Gasteiger partial charge in [-0.25, -0.2) is 0 Å². The molecule has 3 aromatic rings. The fraction of sp³-hybridized carbons (Fsp3) is 0.375. The third-order valence-electron chi connectivity index (χ3n) is 8.14. The van der Waals surface area contributed by atoms with Crippen LogP contribution >= 0.6 is 0 Å². The molecule has 0 spiro atoms. The summed E-state index contributed by atoms with van der Waals surface area (Å²) < 4.78 is 56.5. The van der Waals surface area contributed by atoms with Crippen molar-refractivity contribution in [3.8, 4) is 34.5 Å². The zero-order valence-electron chi connectivity index (χ0n) is 31.8. The fourth-order valence-electron chi connectivity index (χ4n) is 5.84. The molecule has 4 rings (SSSR count). The Hall–Kier alpha value is -6.25. The molecule has 0 aromatic heterocycles. The van der Waals surface area contributed by atoms with Gasteiger partial charge in [-0.3, -0.25) is 24.0 Å². The van der Waals surface area contributed by atoms with Gasteiger partial charge in [0.1, 0.15) is 25.9 Å². The van der Waals surface area contributed by atoms with Gasteiger partial charge in [0, 0.05) is 45.7 Å². The molecule has 294 valence electrons. The first kappa shape index (κ1) is 41.5. The summed E-state index contributed by atoms with van der Waals surface area (Å²) in [5.74, 6) is -1.50. The summed E-state index contributed by atoms with van der Waals surface area (Å²) in [6.07, 6.45) is 0.525. The molecule has 1 aliphatic rings. The van der Waals surface area contributed by atoms with Gasteiger partial charge in [0.25, 0.3) is 0 Å². The molecule has 3 aromatic carbocycles. The number of hydrogen-bond donors (Lipinski definition) is 0. The molecule has 4 unspecified atom stereocenters. The SMILES string of the molecule is COc1cc(C(OC(C)=O)C(COC(C)=O)Oc2ccc(C3Oc4c(OC)cc(/C=C/COC(C)=O)cc4C3COC(C)=O)cc2OC)ccc1OC(C)=O. The Morgan fingerprint density at radius 1 is 0.691 bits per heavy atom. The predicted molar refractivity (Wildman–Crippen MR) is 194 cm³/mol. The van der Waals surface area contributed by atoms with Crippen LogP contribution in [0.25, 0.3) is 6.08 Å². The van der Waals surface area contributed by atoms with Crippen LogP contribution in [0.3, 0.4) is 0 Å². The van der Waals surface area contributed by atoms with E-state index in [-0.39, 0.29) is 42.8 Å². The van der Waals surface area contributed by atoms with Crippen LogP contribution in [0.4, 0.5) is 0 Å². The van der Waals surface area contributed by atoms with Crippen LogP contribution in [0.1, 0.15) is 75.0 Å². The highest BCUT2D eigenvalue weighted by atomic mass is 16.6. The van der Waals surface area contributed by atoms with Gasteiger partial charge in [0.05, 0.1) is 27.2 Å². The van der Waals surface area contributed by atoms with Gasteiger partial charge in [0.15, 0.2) is 46.7 Å². The molecule has 55 heavy (non-hydrogen) atoms. The van der Waals surface area contributed by atoms with Crippen LogP contribution < -0.4 is 28.4 Å². The molecule has 4 atom stereocenters. The van der Waals surface area contributed by atoms with Gasteiger partial charge in [-0.1, -0.05) is 18.2 Å². The zero-order valence-corrected chi connectivity index (χ0v) is 31.8. The first-order valence-electron chi connectivity index (χ1n) is 17.1. The number of esters is 5. The Bertz CT molecular complexity index is 1920. The van der Waals surface area contributed by atoms with Crippen LogP contribution in [-0.4, -0.2) is 77.1 Å². The maximum Gasteiger partial charge on any atom is 0.308 e. The number of ether oxygens (including phenoxy) is 10. The lowest BCUT2D eigenvalue weighted by Crippen LogP contribution is -2.34. The standard InChI is InChI=1S/C40H44O15/c1-22(41)49-15-9-10-27-16-30-31(20-50-23(2)42)38(55-40(30)36(17-27)48-8)28-11-14-33(35(18-28)47-7)54-37(21-51-24(3)43)39(53-26(5)45)29-12-13-32(52-25(4)44)34(19-29)46-6/h9-14,16-19,31,37-39H,15,20-21H2,1-8H3/b10-9+. The molecular formula is C40H44O15. The van der Waals surface area contributed by atoms with Crippen LogP contribution in [0, 0.1) is 0 Å². The summed E-state index contributed by atoms with van der Waals surface area (Å²) in [5.41, 5.74) is 2.47. The molecule has 15 heteroatoms. The van der Waals surface area contributed by atoms with E-state index in [1.54, 1.807) is 42.5 Å². The van der Waals surface area contributed by atoms with Crippen molar-refractivity contribution >= 4 is 35.9 Å². The van der Waals surface area contributed by atoms with Gasteiger partial charge in [-0.15, -0.1) is 0 Å². The first-order chi connectivity index (χ1) is 26.2. The van der Waals surface area contributed by atoms with Crippen LogP contribution in [-0.2, 0) is 42.9 Å². The van der Waals surface area contributed by atoms with E-state index in [9.17, 15) is 24.0 Å². The Balaban J connectivity index is 1.73. The minimum absolute atomic E-state index is 0.0223. The van der Waals surface area contributed by atoms with Crippen molar-refractivity contribution in [1.82, 2.24) is 0 Å². The van der Waals surface area contributed by atoms with Crippen molar-refractivity contribution in [2.75, 3.05) is 41.2 Å². The number of hydrogen-bond acceptors (Lipinski definition) is 15. The number of fused-ring (bicyclic) bond motifs is 1. The minimum atomic E-state index is -1.15. The van der Waals surface area contributed by atoms with Gasteiger partial charge < -0.3 is 47.4 Å². The lowest BCUT2D eigenvalue weighted by molar-refractivity contribution is -0.157. The normalized spacial score (nSPS) is 15.4. The number of methoxy groups -OCH3 is 3. The highest BCUT2D eigenvalue weighted by Gasteiger charge is 2.39. The Kier molecular flexibility index (Phi) is 14.5. The second-order valence-corrected chi connectivity index (χ2v) is 12.2. The average molecular weight is 765 g/mol. The lowest BCUT2D eigenvalue weighted by atomic mass is 9.90. The van der Waals surface area contributed by atoms with E-state index in [1.807, 2.05) is 6.07 Å². The number of rotatable bonds is 17.